The number of imidazole rings is 1. The number of nitrogens with zero attached hydrogens (tertiary/aromatic N) is 2. The van der Waals surface area contributed by atoms with Gasteiger partial charge in [-0.2, -0.15) is 0 Å². The first-order valence-electron chi connectivity index (χ1n) is 11.0. The first-order valence-corrected chi connectivity index (χ1v) is 11.8. The smallest absolute Gasteiger partial charge is 0.264 e. The van der Waals surface area contributed by atoms with Gasteiger partial charge in [-0.15, -0.1) is 11.3 Å². The number of fused-ring (bicyclic) bond motifs is 1. The Morgan fingerprint density at radius 2 is 2.06 bits per heavy atom. The third-order valence-electron chi connectivity index (χ3n) is 6.66. The molecule has 5 rings (SSSR count). The van der Waals surface area contributed by atoms with Crippen LogP contribution in [-0.2, 0) is 4.79 Å². The molecule has 2 aromatic heterocycles. The second kappa shape index (κ2) is 7.48. The van der Waals surface area contributed by atoms with Gasteiger partial charge in [-0.3, -0.25) is 9.59 Å². The van der Waals surface area contributed by atoms with E-state index in [1.165, 1.54) is 11.3 Å². The highest BCUT2D eigenvalue weighted by Gasteiger charge is 2.46. The zero-order chi connectivity index (χ0) is 21.8. The van der Waals surface area contributed by atoms with Crippen molar-refractivity contribution in [1.29, 1.82) is 0 Å². The number of benzene rings is 1. The van der Waals surface area contributed by atoms with Crippen LogP contribution in [0, 0.1) is 5.92 Å². The normalized spacial score (nSPS) is 23.1. The van der Waals surface area contributed by atoms with E-state index in [0.717, 1.165) is 52.4 Å². The molecule has 0 radical (unpaired) electrons. The average molecular weight is 437 g/mol. The number of hydrogen-bond acceptors (Lipinski definition) is 4. The Hall–Kier alpha value is -2.67. The number of hydrogen-bond donors (Lipinski definition) is 2. The van der Waals surface area contributed by atoms with E-state index < -0.39 is 0 Å². The lowest BCUT2D eigenvalue weighted by molar-refractivity contribution is -0.123. The highest BCUT2D eigenvalue weighted by molar-refractivity contribution is 7.14. The van der Waals surface area contributed by atoms with E-state index in [1.54, 1.807) is 0 Å². The molecule has 162 valence electrons. The van der Waals surface area contributed by atoms with Gasteiger partial charge in [-0.25, -0.2) is 4.98 Å². The van der Waals surface area contributed by atoms with Gasteiger partial charge >= 0.3 is 0 Å². The van der Waals surface area contributed by atoms with Crippen molar-refractivity contribution in [1.82, 2.24) is 20.2 Å². The molecule has 3 aromatic rings. The van der Waals surface area contributed by atoms with Gasteiger partial charge in [-0.05, 0) is 64.3 Å². The van der Waals surface area contributed by atoms with E-state index in [4.69, 9.17) is 0 Å². The second-order valence-electron chi connectivity index (χ2n) is 9.39. The predicted octanol–water partition coefficient (Wildman–Crippen LogP) is 4.62. The third kappa shape index (κ3) is 3.76. The van der Waals surface area contributed by atoms with Gasteiger partial charge in [0.2, 0.25) is 5.91 Å². The van der Waals surface area contributed by atoms with E-state index in [9.17, 15) is 9.59 Å². The summed E-state index contributed by atoms with van der Waals surface area (Å²) in [6.45, 7) is 7.05. The summed E-state index contributed by atoms with van der Waals surface area (Å²) in [4.78, 5) is 37.5. The fourth-order valence-corrected chi connectivity index (χ4v) is 5.60. The van der Waals surface area contributed by atoms with Gasteiger partial charge in [0, 0.05) is 28.8 Å². The lowest BCUT2D eigenvalue weighted by Gasteiger charge is -2.31. The lowest BCUT2D eigenvalue weighted by Crippen LogP contribution is -2.42. The lowest BCUT2D eigenvalue weighted by atomic mass is 10.0. The molecule has 2 aliphatic rings. The highest BCUT2D eigenvalue weighted by atomic mass is 32.1. The van der Waals surface area contributed by atoms with E-state index in [0.29, 0.717) is 0 Å². The van der Waals surface area contributed by atoms with Crippen LogP contribution in [0.15, 0.2) is 36.4 Å². The van der Waals surface area contributed by atoms with Crippen molar-refractivity contribution >= 4 is 34.2 Å². The van der Waals surface area contributed by atoms with Crippen LogP contribution in [0.2, 0.25) is 0 Å². The molecule has 2 fully saturated rings. The number of H-pyrrole nitrogens is 1. The fraction of sp³-hybridized carbons (Fsp3) is 0.458. The zero-order valence-corrected chi connectivity index (χ0v) is 19.0. The number of nitrogens with one attached hydrogen (secondary N) is 2. The Morgan fingerprint density at radius 1 is 1.26 bits per heavy atom. The summed E-state index contributed by atoms with van der Waals surface area (Å²) in [6, 6.07) is 11.7. The van der Waals surface area contributed by atoms with Gasteiger partial charge in [0.05, 0.1) is 22.0 Å². The molecule has 0 bridgehead atoms. The van der Waals surface area contributed by atoms with Gasteiger partial charge in [0.1, 0.15) is 5.82 Å². The summed E-state index contributed by atoms with van der Waals surface area (Å²) < 4.78 is 0. The van der Waals surface area contributed by atoms with Gasteiger partial charge in [0.15, 0.2) is 0 Å². The molecule has 3 heterocycles. The van der Waals surface area contributed by atoms with E-state index in [-0.39, 0.29) is 35.2 Å². The third-order valence-corrected chi connectivity index (χ3v) is 7.91. The number of aromatic nitrogens is 2. The van der Waals surface area contributed by atoms with Crippen molar-refractivity contribution in [3.05, 3.63) is 52.0 Å². The highest BCUT2D eigenvalue weighted by Crippen LogP contribution is 2.47. The largest absolute Gasteiger partial charge is 0.349 e. The first-order chi connectivity index (χ1) is 14.8. The summed E-state index contributed by atoms with van der Waals surface area (Å²) in [5.74, 6) is 1.16. The number of carbonyl (C=O) groups excluding carboxylic acids is 2. The van der Waals surface area contributed by atoms with Crippen molar-refractivity contribution in [2.45, 2.75) is 57.5 Å². The molecule has 7 heteroatoms. The summed E-state index contributed by atoms with van der Waals surface area (Å²) in [5.41, 5.74) is 1.86. The van der Waals surface area contributed by atoms with Crippen LogP contribution in [0.25, 0.3) is 11.0 Å². The molecule has 1 saturated heterocycles. The van der Waals surface area contributed by atoms with Gasteiger partial charge < -0.3 is 15.2 Å². The minimum Gasteiger partial charge on any atom is -0.349 e. The minimum atomic E-state index is -0.123. The van der Waals surface area contributed by atoms with Crippen LogP contribution in [0.3, 0.4) is 0 Å². The molecule has 2 N–H and O–H groups in total. The second-order valence-corrected chi connectivity index (χ2v) is 10.5. The SMILES string of the molecule is CC(NC(=O)[C@H]1C[C@@H]1c1nc2ccccc2[nH]1)c1ccc(C(=O)N2CCCC2(C)C)s1. The van der Waals surface area contributed by atoms with Crippen molar-refractivity contribution in [2.24, 2.45) is 5.92 Å². The Labute approximate surface area is 186 Å². The Balaban J connectivity index is 1.21. The monoisotopic (exact) mass is 436 g/mol. The molecule has 31 heavy (non-hydrogen) atoms. The maximum absolute atomic E-state index is 13.0. The van der Waals surface area contributed by atoms with Crippen molar-refractivity contribution in [2.75, 3.05) is 6.54 Å². The number of likely N-dealkylation sites (tertiary alicyclic amines) is 1. The van der Waals surface area contributed by atoms with Crippen LogP contribution in [0.5, 0.6) is 0 Å². The standard InChI is InChI=1S/C24H28N4O2S/c1-14(19-9-10-20(31-19)23(30)28-12-6-11-24(28,2)3)25-22(29)16-13-15(16)21-26-17-7-4-5-8-18(17)27-21/h4-5,7-10,14-16H,6,11-13H2,1-3H3,(H,25,29)(H,26,27)/t14?,15-,16-/m0/s1. The van der Waals surface area contributed by atoms with E-state index >= 15 is 0 Å². The molecule has 1 aliphatic heterocycles. The van der Waals surface area contributed by atoms with Crippen LogP contribution >= 0.6 is 11.3 Å². The Morgan fingerprint density at radius 3 is 2.81 bits per heavy atom. The molecule has 1 unspecified atom stereocenters. The van der Waals surface area contributed by atoms with E-state index in [1.807, 2.05) is 48.2 Å². The molecular weight excluding hydrogens is 408 g/mol. The predicted molar refractivity (Wildman–Crippen MR) is 122 cm³/mol. The van der Waals surface area contributed by atoms with Crippen LogP contribution in [0.4, 0.5) is 0 Å². The molecule has 2 amide bonds. The quantitative estimate of drug-likeness (QED) is 0.613. The van der Waals surface area contributed by atoms with Crippen LogP contribution in [0.1, 0.15) is 72.4 Å². The van der Waals surface area contributed by atoms with Gasteiger partial charge in [0.25, 0.3) is 5.91 Å². The number of carbonyl (C=O) groups is 2. The zero-order valence-electron chi connectivity index (χ0n) is 18.1. The van der Waals surface area contributed by atoms with Crippen molar-refractivity contribution < 1.29 is 9.59 Å². The summed E-state index contributed by atoms with van der Waals surface area (Å²) in [7, 11) is 0. The maximum atomic E-state index is 13.0. The minimum absolute atomic E-state index is 0.0468. The molecule has 1 saturated carbocycles. The number of rotatable bonds is 5. The maximum Gasteiger partial charge on any atom is 0.264 e. The number of aromatic amines is 1. The Bertz CT molecular complexity index is 1110. The van der Waals surface area contributed by atoms with Crippen LogP contribution in [-0.4, -0.2) is 38.8 Å². The van der Waals surface area contributed by atoms with Crippen molar-refractivity contribution in [3.8, 4) is 0 Å². The topological polar surface area (TPSA) is 78.1 Å². The van der Waals surface area contributed by atoms with Crippen LogP contribution < -0.4 is 5.32 Å². The molecule has 6 nitrogen and oxygen atoms in total. The van der Waals surface area contributed by atoms with E-state index in [2.05, 4.69) is 29.1 Å². The molecular formula is C24H28N4O2S. The van der Waals surface area contributed by atoms with Crippen molar-refractivity contribution in [3.63, 3.8) is 0 Å². The summed E-state index contributed by atoms with van der Waals surface area (Å²) in [6.07, 6.45) is 2.91. The molecule has 1 aliphatic carbocycles. The molecule has 1 aromatic carbocycles. The number of thiophene rings is 1. The summed E-state index contributed by atoms with van der Waals surface area (Å²) in [5, 5.41) is 3.13. The fourth-order valence-electron chi connectivity index (χ4n) is 4.64. The average Bonchev–Trinajstić information content (AvgIpc) is 3.06. The molecule has 3 atom stereocenters. The summed E-state index contributed by atoms with van der Waals surface area (Å²) >= 11 is 1.49. The first kappa shape index (κ1) is 20.2. The Kier molecular flexibility index (Phi) is 4.88. The molecule has 0 spiro atoms. The number of para-hydroxylation sites is 2. The van der Waals surface area contributed by atoms with Gasteiger partial charge in [-0.1, -0.05) is 12.1 Å². The number of amides is 2.